The zero-order valence-corrected chi connectivity index (χ0v) is 11.5. The maximum absolute atomic E-state index is 11.4. The Morgan fingerprint density at radius 2 is 2.10 bits per heavy atom. The summed E-state index contributed by atoms with van der Waals surface area (Å²) in [6.07, 6.45) is 0.518. The van der Waals surface area contributed by atoms with Crippen molar-refractivity contribution in [2.45, 2.75) is 32.2 Å². The number of aliphatic carboxylic acids is 1. The van der Waals surface area contributed by atoms with Gasteiger partial charge in [-0.2, -0.15) is 4.98 Å². The van der Waals surface area contributed by atoms with Gasteiger partial charge in [-0.05, 0) is 12.8 Å². The first kappa shape index (κ1) is 15.7. The SMILES string of the molecule is CCC(CC)(Nc1nc(OC)ccc1[N+](=O)[O-])C(=O)O. The van der Waals surface area contributed by atoms with Gasteiger partial charge in [-0.15, -0.1) is 0 Å². The summed E-state index contributed by atoms with van der Waals surface area (Å²) < 4.78 is 4.91. The molecular formula is C12H17N3O5. The summed E-state index contributed by atoms with van der Waals surface area (Å²) in [7, 11) is 1.38. The van der Waals surface area contributed by atoms with Gasteiger partial charge in [0.1, 0.15) is 5.54 Å². The molecule has 0 fully saturated rings. The Morgan fingerprint density at radius 1 is 1.50 bits per heavy atom. The average Bonchev–Trinajstić information content (AvgIpc) is 2.43. The van der Waals surface area contributed by atoms with E-state index in [1.165, 1.54) is 19.2 Å². The van der Waals surface area contributed by atoms with Crippen molar-refractivity contribution in [3.63, 3.8) is 0 Å². The van der Waals surface area contributed by atoms with Crippen LogP contribution in [0.25, 0.3) is 0 Å². The van der Waals surface area contributed by atoms with E-state index < -0.39 is 16.4 Å². The molecule has 0 saturated heterocycles. The summed E-state index contributed by atoms with van der Waals surface area (Å²) >= 11 is 0. The van der Waals surface area contributed by atoms with Crippen molar-refractivity contribution >= 4 is 17.5 Å². The second kappa shape index (κ2) is 6.18. The first-order valence-corrected chi connectivity index (χ1v) is 6.11. The zero-order chi connectivity index (χ0) is 15.3. The smallest absolute Gasteiger partial charge is 0.329 e. The summed E-state index contributed by atoms with van der Waals surface area (Å²) in [6.45, 7) is 3.38. The van der Waals surface area contributed by atoms with E-state index in [9.17, 15) is 20.0 Å². The molecule has 8 nitrogen and oxygen atoms in total. The molecule has 0 aliphatic rings. The molecule has 8 heteroatoms. The molecule has 20 heavy (non-hydrogen) atoms. The fourth-order valence-corrected chi connectivity index (χ4v) is 1.80. The standard InChI is InChI=1S/C12H17N3O5/c1-4-12(5-2,11(16)17)14-10-8(15(18)19)6-7-9(13-10)20-3/h6-7H,4-5H2,1-3H3,(H,13,14)(H,16,17). The molecule has 0 spiro atoms. The van der Waals surface area contributed by atoms with Crippen LogP contribution < -0.4 is 10.1 Å². The van der Waals surface area contributed by atoms with Crippen molar-refractivity contribution in [1.82, 2.24) is 4.98 Å². The maximum atomic E-state index is 11.4. The number of nitrogens with zero attached hydrogens (tertiary/aromatic N) is 2. The number of nitrogens with one attached hydrogen (secondary N) is 1. The first-order chi connectivity index (χ1) is 9.40. The third kappa shape index (κ3) is 2.95. The van der Waals surface area contributed by atoms with Gasteiger partial charge in [0.05, 0.1) is 12.0 Å². The van der Waals surface area contributed by atoms with Crippen molar-refractivity contribution in [3.05, 3.63) is 22.2 Å². The van der Waals surface area contributed by atoms with Gasteiger partial charge in [0.25, 0.3) is 0 Å². The van der Waals surface area contributed by atoms with E-state index >= 15 is 0 Å². The molecule has 110 valence electrons. The fraction of sp³-hybridized carbons (Fsp3) is 0.500. The normalized spacial score (nSPS) is 10.9. The first-order valence-electron chi connectivity index (χ1n) is 6.11. The number of carboxylic acids is 1. The molecule has 0 aromatic carbocycles. The number of hydrogen-bond acceptors (Lipinski definition) is 6. The summed E-state index contributed by atoms with van der Waals surface area (Å²) in [5.74, 6) is -1.02. The predicted molar refractivity (Wildman–Crippen MR) is 72.0 cm³/mol. The minimum Gasteiger partial charge on any atom is -0.481 e. The predicted octanol–water partition coefficient (Wildman–Crippen LogP) is 2.05. The van der Waals surface area contributed by atoms with Crippen LogP contribution in [-0.4, -0.2) is 33.6 Å². The molecule has 1 aromatic rings. The highest BCUT2D eigenvalue weighted by molar-refractivity contribution is 5.83. The van der Waals surface area contributed by atoms with Crippen LogP contribution in [0.2, 0.25) is 0 Å². The lowest BCUT2D eigenvalue weighted by Gasteiger charge is -2.28. The van der Waals surface area contributed by atoms with Gasteiger partial charge in [0.2, 0.25) is 11.7 Å². The molecule has 0 saturated carbocycles. The van der Waals surface area contributed by atoms with Gasteiger partial charge in [0, 0.05) is 12.1 Å². The number of ether oxygens (including phenoxy) is 1. The molecule has 1 rings (SSSR count). The van der Waals surface area contributed by atoms with E-state index in [0.717, 1.165) is 0 Å². The number of aromatic nitrogens is 1. The van der Waals surface area contributed by atoms with Crippen LogP contribution in [0, 0.1) is 10.1 Å². The molecule has 0 aliphatic heterocycles. The second-order valence-electron chi connectivity index (χ2n) is 4.20. The highest BCUT2D eigenvalue weighted by Gasteiger charge is 2.37. The van der Waals surface area contributed by atoms with E-state index in [-0.39, 0.29) is 30.2 Å². The lowest BCUT2D eigenvalue weighted by molar-refractivity contribution is -0.384. The summed E-state index contributed by atoms with van der Waals surface area (Å²) in [6, 6.07) is 2.58. The molecule has 2 N–H and O–H groups in total. The van der Waals surface area contributed by atoms with Crippen LogP contribution in [0.15, 0.2) is 12.1 Å². The van der Waals surface area contributed by atoms with E-state index in [1.54, 1.807) is 13.8 Å². The highest BCUT2D eigenvalue weighted by Crippen LogP contribution is 2.30. The quantitative estimate of drug-likeness (QED) is 0.581. The molecular weight excluding hydrogens is 266 g/mol. The Kier molecular flexibility index (Phi) is 4.84. The lowest BCUT2D eigenvalue weighted by Crippen LogP contribution is -2.45. The van der Waals surface area contributed by atoms with E-state index in [1.807, 2.05) is 0 Å². The van der Waals surface area contributed by atoms with Crippen LogP contribution in [0.1, 0.15) is 26.7 Å². The van der Waals surface area contributed by atoms with E-state index in [4.69, 9.17) is 4.74 Å². The van der Waals surface area contributed by atoms with Gasteiger partial charge in [-0.25, -0.2) is 4.79 Å². The molecule has 0 radical (unpaired) electrons. The number of methoxy groups -OCH3 is 1. The molecule has 1 aromatic heterocycles. The van der Waals surface area contributed by atoms with Crippen LogP contribution in [0.5, 0.6) is 5.88 Å². The number of nitro groups is 1. The Morgan fingerprint density at radius 3 is 2.50 bits per heavy atom. The van der Waals surface area contributed by atoms with Crippen LogP contribution >= 0.6 is 0 Å². The van der Waals surface area contributed by atoms with Gasteiger partial charge in [-0.3, -0.25) is 10.1 Å². The second-order valence-corrected chi connectivity index (χ2v) is 4.20. The fourth-order valence-electron chi connectivity index (χ4n) is 1.80. The van der Waals surface area contributed by atoms with Crippen molar-refractivity contribution < 1.29 is 19.6 Å². The minimum atomic E-state index is -1.30. The average molecular weight is 283 g/mol. The van der Waals surface area contributed by atoms with Gasteiger partial charge in [-0.1, -0.05) is 13.8 Å². The van der Waals surface area contributed by atoms with Crippen molar-refractivity contribution in [1.29, 1.82) is 0 Å². The van der Waals surface area contributed by atoms with Crippen molar-refractivity contribution in [2.24, 2.45) is 0 Å². The molecule has 1 heterocycles. The highest BCUT2D eigenvalue weighted by atomic mass is 16.6. The number of hydrogen-bond donors (Lipinski definition) is 2. The monoisotopic (exact) mass is 283 g/mol. The molecule has 0 aliphatic carbocycles. The minimum absolute atomic E-state index is 0.111. The Hall–Kier alpha value is -2.38. The Bertz CT molecular complexity index is 514. The van der Waals surface area contributed by atoms with E-state index in [0.29, 0.717) is 0 Å². The number of anilines is 1. The van der Waals surface area contributed by atoms with Crippen molar-refractivity contribution in [2.75, 3.05) is 12.4 Å². The van der Waals surface area contributed by atoms with Crippen LogP contribution in [0.3, 0.4) is 0 Å². The van der Waals surface area contributed by atoms with Gasteiger partial charge >= 0.3 is 11.7 Å². The number of carbonyl (C=O) groups is 1. The zero-order valence-electron chi connectivity index (χ0n) is 11.5. The summed E-state index contributed by atoms with van der Waals surface area (Å²) in [5, 5.41) is 23.0. The number of carboxylic acid groups (broad SMARTS) is 1. The van der Waals surface area contributed by atoms with Crippen molar-refractivity contribution in [3.8, 4) is 5.88 Å². The van der Waals surface area contributed by atoms with Gasteiger partial charge < -0.3 is 15.2 Å². The Labute approximate surface area is 115 Å². The number of pyridine rings is 1. The molecule has 0 amide bonds. The lowest BCUT2D eigenvalue weighted by atomic mass is 9.93. The van der Waals surface area contributed by atoms with Gasteiger partial charge in [0.15, 0.2) is 0 Å². The topological polar surface area (TPSA) is 115 Å². The summed E-state index contributed by atoms with van der Waals surface area (Å²) in [4.78, 5) is 25.7. The van der Waals surface area contributed by atoms with Crippen LogP contribution in [-0.2, 0) is 4.79 Å². The molecule has 0 bridgehead atoms. The number of rotatable bonds is 7. The largest absolute Gasteiger partial charge is 0.481 e. The summed E-state index contributed by atoms with van der Waals surface area (Å²) in [5.41, 5.74) is -1.59. The Balaban J connectivity index is 3.29. The van der Waals surface area contributed by atoms with Crippen LogP contribution in [0.4, 0.5) is 11.5 Å². The molecule has 0 unspecified atom stereocenters. The van der Waals surface area contributed by atoms with E-state index in [2.05, 4.69) is 10.3 Å². The maximum Gasteiger partial charge on any atom is 0.329 e. The third-order valence-corrected chi connectivity index (χ3v) is 3.23. The molecule has 0 atom stereocenters. The third-order valence-electron chi connectivity index (χ3n) is 3.23.